The molecule has 2 rings (SSSR count). The zero-order valence-corrected chi connectivity index (χ0v) is 10.4. The van der Waals surface area contributed by atoms with Crippen LogP contribution >= 0.6 is 27.3 Å². The average molecular weight is 284 g/mol. The highest BCUT2D eigenvalue weighted by Crippen LogP contribution is 2.10. The third kappa shape index (κ3) is 2.79. The molecule has 2 aromatic rings. The topological polar surface area (TPSA) is 22.0 Å². The third-order valence-corrected chi connectivity index (χ3v) is 3.53. The molecule has 15 heavy (non-hydrogen) atoms. The second-order valence-electron chi connectivity index (χ2n) is 3.21. The standard InChI is InChI=1S/C11H10BrNOS/c12-9-3-4-11(14)13(8-9)6-5-10-2-1-7-15-10/h1-4,7-8H,5-6H2. The Morgan fingerprint density at radius 1 is 1.33 bits per heavy atom. The Balaban J connectivity index is 2.11. The van der Waals surface area contributed by atoms with Gasteiger partial charge >= 0.3 is 0 Å². The molecule has 0 aliphatic heterocycles. The Kier molecular flexibility index (Phi) is 3.38. The normalized spacial score (nSPS) is 10.5. The van der Waals surface area contributed by atoms with E-state index >= 15 is 0 Å². The van der Waals surface area contributed by atoms with Crippen molar-refractivity contribution < 1.29 is 0 Å². The smallest absolute Gasteiger partial charge is 0.250 e. The number of nitrogens with zero attached hydrogens (tertiary/aromatic N) is 1. The van der Waals surface area contributed by atoms with Crippen LogP contribution < -0.4 is 5.56 Å². The van der Waals surface area contributed by atoms with Crippen molar-refractivity contribution in [3.05, 3.63) is 55.5 Å². The van der Waals surface area contributed by atoms with Crippen molar-refractivity contribution in [2.24, 2.45) is 0 Å². The molecule has 0 spiro atoms. The molecule has 0 atom stereocenters. The van der Waals surface area contributed by atoms with E-state index in [1.807, 2.05) is 12.3 Å². The molecule has 0 aliphatic rings. The Morgan fingerprint density at radius 2 is 2.20 bits per heavy atom. The fraction of sp³-hybridized carbons (Fsp3) is 0.182. The summed E-state index contributed by atoms with van der Waals surface area (Å²) in [6.45, 7) is 0.735. The summed E-state index contributed by atoms with van der Waals surface area (Å²) < 4.78 is 2.66. The molecule has 4 heteroatoms. The maximum atomic E-state index is 11.5. The van der Waals surface area contributed by atoms with Gasteiger partial charge in [-0.3, -0.25) is 4.79 Å². The summed E-state index contributed by atoms with van der Waals surface area (Å²) in [5.74, 6) is 0. The first-order valence-corrected chi connectivity index (χ1v) is 6.31. The van der Waals surface area contributed by atoms with E-state index in [1.54, 1.807) is 28.0 Å². The molecule has 0 amide bonds. The van der Waals surface area contributed by atoms with E-state index in [9.17, 15) is 4.79 Å². The fourth-order valence-corrected chi connectivity index (χ4v) is 2.44. The SMILES string of the molecule is O=c1ccc(Br)cn1CCc1cccs1. The van der Waals surface area contributed by atoms with E-state index in [1.165, 1.54) is 4.88 Å². The number of hydrogen-bond acceptors (Lipinski definition) is 2. The van der Waals surface area contributed by atoms with Crippen molar-refractivity contribution in [1.29, 1.82) is 0 Å². The van der Waals surface area contributed by atoms with Gasteiger partial charge in [0.25, 0.3) is 5.56 Å². The van der Waals surface area contributed by atoms with E-state index in [2.05, 4.69) is 27.4 Å². The summed E-state index contributed by atoms with van der Waals surface area (Å²) in [6, 6.07) is 7.47. The monoisotopic (exact) mass is 283 g/mol. The molecular weight excluding hydrogens is 274 g/mol. The molecule has 0 aliphatic carbocycles. The molecule has 2 aromatic heterocycles. The van der Waals surface area contributed by atoms with Crippen LogP contribution in [-0.2, 0) is 13.0 Å². The molecule has 0 unspecified atom stereocenters. The van der Waals surface area contributed by atoms with E-state index in [-0.39, 0.29) is 5.56 Å². The second kappa shape index (κ2) is 4.77. The van der Waals surface area contributed by atoms with E-state index in [0.717, 1.165) is 17.4 Å². The largest absolute Gasteiger partial charge is 0.314 e. The summed E-state index contributed by atoms with van der Waals surface area (Å²) in [5, 5.41) is 2.05. The molecule has 2 nitrogen and oxygen atoms in total. The van der Waals surface area contributed by atoms with Gasteiger partial charge in [0.2, 0.25) is 0 Å². The average Bonchev–Trinajstić information content (AvgIpc) is 2.72. The van der Waals surface area contributed by atoms with Crippen molar-refractivity contribution in [2.45, 2.75) is 13.0 Å². The number of aromatic nitrogens is 1. The van der Waals surface area contributed by atoms with Crippen LogP contribution in [0.5, 0.6) is 0 Å². The maximum absolute atomic E-state index is 11.5. The Hall–Kier alpha value is -0.870. The number of hydrogen-bond donors (Lipinski definition) is 0. The number of rotatable bonds is 3. The zero-order valence-electron chi connectivity index (χ0n) is 8.02. The third-order valence-electron chi connectivity index (χ3n) is 2.13. The predicted octanol–water partition coefficient (Wildman–Crippen LogP) is 2.92. The molecule has 0 radical (unpaired) electrons. The first-order valence-electron chi connectivity index (χ1n) is 4.64. The lowest BCUT2D eigenvalue weighted by Crippen LogP contribution is -2.19. The summed E-state index contributed by atoms with van der Waals surface area (Å²) in [7, 11) is 0. The van der Waals surface area contributed by atoms with Crippen LogP contribution in [-0.4, -0.2) is 4.57 Å². The molecule has 0 saturated heterocycles. The summed E-state index contributed by atoms with van der Waals surface area (Å²) >= 11 is 5.08. The predicted molar refractivity (Wildman–Crippen MR) is 66.4 cm³/mol. The van der Waals surface area contributed by atoms with Crippen LogP contribution in [0.2, 0.25) is 0 Å². The van der Waals surface area contributed by atoms with Crippen LogP contribution in [0.1, 0.15) is 4.88 Å². The molecule has 0 saturated carbocycles. The van der Waals surface area contributed by atoms with Crippen molar-refractivity contribution in [3.63, 3.8) is 0 Å². The van der Waals surface area contributed by atoms with Gasteiger partial charge in [-0.25, -0.2) is 0 Å². The van der Waals surface area contributed by atoms with Crippen LogP contribution in [0.3, 0.4) is 0 Å². The summed E-state index contributed by atoms with van der Waals surface area (Å²) in [4.78, 5) is 12.8. The number of halogens is 1. The van der Waals surface area contributed by atoms with Crippen molar-refractivity contribution in [3.8, 4) is 0 Å². The lowest BCUT2D eigenvalue weighted by atomic mass is 10.3. The van der Waals surface area contributed by atoms with Crippen LogP contribution in [0.4, 0.5) is 0 Å². The molecule has 0 aromatic carbocycles. The summed E-state index contributed by atoms with van der Waals surface area (Å²) in [6.07, 6.45) is 2.74. The van der Waals surface area contributed by atoms with Gasteiger partial charge in [0.1, 0.15) is 0 Å². The van der Waals surface area contributed by atoms with Crippen LogP contribution in [0, 0.1) is 0 Å². The van der Waals surface area contributed by atoms with Crippen molar-refractivity contribution >= 4 is 27.3 Å². The first-order chi connectivity index (χ1) is 7.25. The number of pyridine rings is 1. The number of aryl methyl sites for hydroxylation is 2. The van der Waals surface area contributed by atoms with Gasteiger partial charge in [-0.05, 0) is 39.9 Å². The molecule has 78 valence electrons. The van der Waals surface area contributed by atoms with Crippen molar-refractivity contribution in [1.82, 2.24) is 4.57 Å². The maximum Gasteiger partial charge on any atom is 0.250 e. The second-order valence-corrected chi connectivity index (χ2v) is 5.16. The van der Waals surface area contributed by atoms with E-state index in [4.69, 9.17) is 0 Å². The van der Waals surface area contributed by atoms with Gasteiger partial charge in [0, 0.05) is 28.2 Å². The van der Waals surface area contributed by atoms with Crippen LogP contribution in [0.25, 0.3) is 0 Å². The van der Waals surface area contributed by atoms with E-state index in [0.29, 0.717) is 0 Å². The lowest BCUT2D eigenvalue weighted by Gasteiger charge is -2.04. The zero-order chi connectivity index (χ0) is 10.7. The van der Waals surface area contributed by atoms with Gasteiger partial charge in [0.05, 0.1) is 0 Å². The Labute approximate surface area is 100 Å². The Morgan fingerprint density at radius 3 is 2.93 bits per heavy atom. The van der Waals surface area contributed by atoms with E-state index < -0.39 is 0 Å². The molecular formula is C11H10BrNOS. The minimum absolute atomic E-state index is 0.0507. The first kappa shape index (κ1) is 10.6. The fourth-order valence-electron chi connectivity index (χ4n) is 1.36. The Bertz CT molecular complexity index is 490. The highest BCUT2D eigenvalue weighted by Gasteiger charge is 1.98. The molecule has 0 fully saturated rings. The molecule has 0 bridgehead atoms. The van der Waals surface area contributed by atoms with Crippen molar-refractivity contribution in [2.75, 3.05) is 0 Å². The minimum Gasteiger partial charge on any atom is -0.314 e. The van der Waals surface area contributed by atoms with Gasteiger partial charge < -0.3 is 4.57 Å². The van der Waals surface area contributed by atoms with Crippen LogP contribution in [0.15, 0.2) is 45.1 Å². The van der Waals surface area contributed by atoms with Gasteiger partial charge in [-0.2, -0.15) is 0 Å². The quantitative estimate of drug-likeness (QED) is 0.849. The van der Waals surface area contributed by atoms with Gasteiger partial charge in [0.15, 0.2) is 0 Å². The lowest BCUT2D eigenvalue weighted by molar-refractivity contribution is 0.672. The summed E-state index contributed by atoms with van der Waals surface area (Å²) in [5.41, 5.74) is 0.0507. The number of thiophene rings is 1. The highest BCUT2D eigenvalue weighted by atomic mass is 79.9. The molecule has 2 heterocycles. The van der Waals surface area contributed by atoms with Gasteiger partial charge in [-0.15, -0.1) is 11.3 Å². The minimum atomic E-state index is 0.0507. The highest BCUT2D eigenvalue weighted by molar-refractivity contribution is 9.10. The molecule has 0 N–H and O–H groups in total. The van der Waals surface area contributed by atoms with Gasteiger partial charge in [-0.1, -0.05) is 6.07 Å².